The molecule has 4 heteroatoms. The third-order valence-corrected chi connectivity index (χ3v) is 2.32. The van der Waals surface area contributed by atoms with Gasteiger partial charge in [0, 0.05) is 24.2 Å². The van der Waals surface area contributed by atoms with Gasteiger partial charge in [0.1, 0.15) is 5.82 Å². The van der Waals surface area contributed by atoms with Crippen molar-refractivity contribution in [2.24, 2.45) is 0 Å². The highest BCUT2D eigenvalue weighted by molar-refractivity contribution is 7.99. The van der Waals surface area contributed by atoms with Crippen molar-refractivity contribution in [1.82, 2.24) is 10.2 Å². The zero-order chi connectivity index (χ0) is 9.36. The summed E-state index contributed by atoms with van der Waals surface area (Å²) in [7, 11) is 0. The zero-order valence-corrected chi connectivity index (χ0v) is 8.26. The van der Waals surface area contributed by atoms with Gasteiger partial charge in [0.2, 0.25) is 0 Å². The number of hydrogen-bond acceptors (Lipinski definition) is 4. The summed E-state index contributed by atoms with van der Waals surface area (Å²) < 4.78 is 0. The number of aromatic nitrogens is 2. The van der Waals surface area contributed by atoms with Crippen LogP contribution in [-0.2, 0) is 0 Å². The lowest BCUT2D eigenvalue weighted by Gasteiger charge is -2.02. The number of hydrogen-bond donors (Lipinski definition) is 1. The fourth-order valence-corrected chi connectivity index (χ4v) is 1.39. The molecule has 0 bridgehead atoms. The van der Waals surface area contributed by atoms with Crippen molar-refractivity contribution in [1.29, 1.82) is 0 Å². The van der Waals surface area contributed by atoms with Gasteiger partial charge < -0.3 is 5.32 Å². The maximum absolute atomic E-state index is 3.91. The van der Waals surface area contributed by atoms with E-state index in [9.17, 15) is 0 Å². The van der Waals surface area contributed by atoms with Gasteiger partial charge in [-0.1, -0.05) is 6.08 Å². The van der Waals surface area contributed by atoms with E-state index < -0.39 is 0 Å². The Hall–Kier alpha value is -1.03. The highest BCUT2D eigenvalue weighted by Crippen LogP contribution is 2.01. The Kier molecular flexibility index (Phi) is 5.01. The van der Waals surface area contributed by atoms with E-state index in [2.05, 4.69) is 22.1 Å². The molecule has 0 fully saturated rings. The van der Waals surface area contributed by atoms with Gasteiger partial charge in [-0.05, 0) is 12.1 Å². The molecule has 0 aromatic carbocycles. The third-order valence-electron chi connectivity index (χ3n) is 1.36. The molecule has 0 aliphatic rings. The van der Waals surface area contributed by atoms with Crippen molar-refractivity contribution in [3.63, 3.8) is 0 Å². The average molecular weight is 195 g/mol. The lowest BCUT2D eigenvalue weighted by atomic mass is 10.5. The summed E-state index contributed by atoms with van der Waals surface area (Å²) in [4.78, 5) is 0. The fourth-order valence-electron chi connectivity index (χ4n) is 0.814. The summed E-state index contributed by atoms with van der Waals surface area (Å²) in [6.07, 6.45) is 3.57. The quantitative estimate of drug-likeness (QED) is 0.555. The molecule has 0 amide bonds. The average Bonchev–Trinajstić information content (AvgIpc) is 2.19. The molecule has 0 saturated heterocycles. The predicted octanol–water partition coefficient (Wildman–Crippen LogP) is 1.81. The summed E-state index contributed by atoms with van der Waals surface area (Å²) in [6.45, 7) is 4.57. The van der Waals surface area contributed by atoms with Gasteiger partial charge in [-0.3, -0.25) is 0 Å². The maximum atomic E-state index is 3.91. The van der Waals surface area contributed by atoms with Gasteiger partial charge in [-0.15, -0.1) is 11.7 Å². The normalized spacial score (nSPS) is 9.54. The minimum absolute atomic E-state index is 0.835. The Balaban J connectivity index is 2.10. The molecule has 0 spiro atoms. The first-order valence-corrected chi connectivity index (χ1v) is 5.29. The second-order valence-electron chi connectivity index (χ2n) is 2.40. The fraction of sp³-hybridized carbons (Fsp3) is 0.333. The molecule has 0 aliphatic carbocycles. The number of nitrogens with one attached hydrogen (secondary N) is 1. The lowest BCUT2D eigenvalue weighted by Crippen LogP contribution is -2.05. The highest BCUT2D eigenvalue weighted by atomic mass is 32.2. The SMILES string of the molecule is C=CCSCCNc1cccnn1. The molecule has 1 N–H and O–H groups in total. The highest BCUT2D eigenvalue weighted by Gasteiger charge is 1.90. The Labute approximate surface area is 82.6 Å². The molecule has 1 aromatic heterocycles. The Morgan fingerprint density at radius 1 is 1.62 bits per heavy atom. The van der Waals surface area contributed by atoms with Crippen LogP contribution in [0.1, 0.15) is 0 Å². The summed E-state index contributed by atoms with van der Waals surface area (Å²) in [5.41, 5.74) is 0. The monoisotopic (exact) mass is 195 g/mol. The first-order chi connectivity index (χ1) is 6.43. The molecular weight excluding hydrogens is 182 g/mol. The van der Waals surface area contributed by atoms with Crippen LogP contribution in [0.2, 0.25) is 0 Å². The first kappa shape index (κ1) is 10.1. The second kappa shape index (κ2) is 6.48. The van der Waals surface area contributed by atoms with E-state index in [1.54, 1.807) is 6.20 Å². The van der Waals surface area contributed by atoms with Gasteiger partial charge in [-0.25, -0.2) is 0 Å². The van der Waals surface area contributed by atoms with Crippen LogP contribution in [0, 0.1) is 0 Å². The minimum Gasteiger partial charge on any atom is -0.368 e. The van der Waals surface area contributed by atoms with E-state index >= 15 is 0 Å². The summed E-state index contributed by atoms with van der Waals surface area (Å²) in [5, 5.41) is 10.8. The van der Waals surface area contributed by atoms with E-state index in [1.165, 1.54) is 0 Å². The van der Waals surface area contributed by atoms with Crippen LogP contribution in [-0.4, -0.2) is 28.2 Å². The minimum atomic E-state index is 0.835. The lowest BCUT2D eigenvalue weighted by molar-refractivity contribution is 1.01. The largest absolute Gasteiger partial charge is 0.368 e. The number of nitrogens with zero attached hydrogens (tertiary/aromatic N) is 2. The third kappa shape index (κ3) is 4.52. The van der Waals surface area contributed by atoms with Crippen LogP contribution in [0.15, 0.2) is 31.0 Å². The molecule has 0 atom stereocenters. The van der Waals surface area contributed by atoms with Crippen molar-refractivity contribution in [2.45, 2.75) is 0 Å². The number of anilines is 1. The molecule has 0 saturated carbocycles. The molecule has 0 unspecified atom stereocenters. The molecule has 1 rings (SSSR count). The number of rotatable bonds is 6. The molecule has 13 heavy (non-hydrogen) atoms. The van der Waals surface area contributed by atoms with Crippen LogP contribution < -0.4 is 5.32 Å². The van der Waals surface area contributed by atoms with E-state index in [-0.39, 0.29) is 0 Å². The van der Waals surface area contributed by atoms with Crippen molar-refractivity contribution in [3.05, 3.63) is 31.0 Å². The van der Waals surface area contributed by atoms with Crippen LogP contribution in [0.4, 0.5) is 5.82 Å². The number of thioether (sulfide) groups is 1. The molecule has 3 nitrogen and oxygen atoms in total. The Morgan fingerprint density at radius 3 is 3.23 bits per heavy atom. The Morgan fingerprint density at radius 2 is 2.54 bits per heavy atom. The van der Waals surface area contributed by atoms with Gasteiger partial charge in [0.05, 0.1) is 0 Å². The van der Waals surface area contributed by atoms with Gasteiger partial charge in [0.25, 0.3) is 0 Å². The van der Waals surface area contributed by atoms with Crippen molar-refractivity contribution < 1.29 is 0 Å². The van der Waals surface area contributed by atoms with Crippen LogP contribution in [0.25, 0.3) is 0 Å². The summed E-state index contributed by atoms with van der Waals surface area (Å²) in [5.74, 6) is 2.90. The molecule has 1 aromatic rings. The van der Waals surface area contributed by atoms with Gasteiger partial charge in [0.15, 0.2) is 0 Å². The van der Waals surface area contributed by atoms with Crippen molar-refractivity contribution in [3.8, 4) is 0 Å². The van der Waals surface area contributed by atoms with E-state index in [1.807, 2.05) is 30.0 Å². The summed E-state index contributed by atoms with van der Waals surface area (Å²) >= 11 is 1.84. The smallest absolute Gasteiger partial charge is 0.148 e. The molecule has 1 heterocycles. The van der Waals surface area contributed by atoms with Crippen LogP contribution in [0.5, 0.6) is 0 Å². The zero-order valence-electron chi connectivity index (χ0n) is 7.44. The van der Waals surface area contributed by atoms with Gasteiger partial charge >= 0.3 is 0 Å². The Bertz CT molecular complexity index is 238. The topological polar surface area (TPSA) is 37.8 Å². The second-order valence-corrected chi connectivity index (χ2v) is 3.55. The molecule has 0 aliphatic heterocycles. The molecule has 0 radical (unpaired) electrons. The predicted molar refractivity (Wildman–Crippen MR) is 58.0 cm³/mol. The van der Waals surface area contributed by atoms with Crippen molar-refractivity contribution in [2.75, 3.05) is 23.4 Å². The van der Waals surface area contributed by atoms with E-state index in [4.69, 9.17) is 0 Å². The van der Waals surface area contributed by atoms with E-state index in [0.29, 0.717) is 0 Å². The molecule has 70 valence electrons. The molecular formula is C9H13N3S. The first-order valence-electron chi connectivity index (χ1n) is 4.13. The van der Waals surface area contributed by atoms with Crippen LogP contribution in [0.3, 0.4) is 0 Å². The van der Waals surface area contributed by atoms with E-state index in [0.717, 1.165) is 23.9 Å². The maximum Gasteiger partial charge on any atom is 0.148 e. The van der Waals surface area contributed by atoms with Crippen molar-refractivity contribution >= 4 is 17.6 Å². The van der Waals surface area contributed by atoms with Gasteiger partial charge in [-0.2, -0.15) is 16.9 Å². The summed E-state index contributed by atoms with van der Waals surface area (Å²) in [6, 6.07) is 3.78. The standard InChI is InChI=1S/C9H13N3S/c1-2-7-13-8-6-10-9-4-3-5-11-12-9/h2-5H,1,6-8H2,(H,10,12). The van der Waals surface area contributed by atoms with Crippen LogP contribution >= 0.6 is 11.8 Å².